The molecule has 0 spiro atoms. The molecule has 0 amide bonds. The standard InChI is InChI=1S/C11H14N6/c12-11-13-3-2-10(15-11)17-8-9(6-14-17)7-16-4-1-5-16/h2-3,6,8H,1,4-5,7H2,(H2,12,13,15). The summed E-state index contributed by atoms with van der Waals surface area (Å²) in [6.45, 7) is 3.33. The number of hydrogen-bond acceptors (Lipinski definition) is 5. The van der Waals surface area contributed by atoms with Crippen LogP contribution in [0.4, 0.5) is 5.95 Å². The van der Waals surface area contributed by atoms with Gasteiger partial charge < -0.3 is 5.73 Å². The topological polar surface area (TPSA) is 72.9 Å². The summed E-state index contributed by atoms with van der Waals surface area (Å²) in [5.74, 6) is 0.967. The van der Waals surface area contributed by atoms with Crippen LogP contribution < -0.4 is 5.73 Å². The van der Waals surface area contributed by atoms with Gasteiger partial charge in [-0.3, -0.25) is 4.90 Å². The van der Waals surface area contributed by atoms with Crippen molar-refractivity contribution < 1.29 is 0 Å². The van der Waals surface area contributed by atoms with Gasteiger partial charge in [0.2, 0.25) is 5.95 Å². The van der Waals surface area contributed by atoms with Crippen LogP contribution in [0.25, 0.3) is 5.82 Å². The monoisotopic (exact) mass is 230 g/mol. The van der Waals surface area contributed by atoms with Gasteiger partial charge in [-0.25, -0.2) is 9.67 Å². The number of likely N-dealkylation sites (tertiary alicyclic amines) is 1. The molecule has 1 aliphatic rings. The molecule has 1 saturated heterocycles. The Morgan fingerprint density at radius 3 is 2.94 bits per heavy atom. The summed E-state index contributed by atoms with van der Waals surface area (Å²) in [6.07, 6.45) is 6.79. The van der Waals surface area contributed by atoms with E-state index in [0.717, 1.165) is 6.54 Å². The molecule has 0 aliphatic carbocycles. The van der Waals surface area contributed by atoms with Crippen LogP contribution in [-0.2, 0) is 6.54 Å². The van der Waals surface area contributed by atoms with Gasteiger partial charge in [-0.1, -0.05) is 0 Å². The van der Waals surface area contributed by atoms with Crippen molar-refractivity contribution in [2.75, 3.05) is 18.8 Å². The number of nitrogen functional groups attached to an aromatic ring is 1. The molecule has 0 aromatic carbocycles. The summed E-state index contributed by atoms with van der Waals surface area (Å²) in [4.78, 5) is 10.4. The summed E-state index contributed by atoms with van der Waals surface area (Å²) in [5.41, 5.74) is 6.74. The molecule has 2 aromatic heterocycles. The lowest BCUT2D eigenvalue weighted by Crippen LogP contribution is -2.36. The fourth-order valence-corrected chi connectivity index (χ4v) is 1.86. The van der Waals surface area contributed by atoms with Crippen molar-refractivity contribution in [2.24, 2.45) is 0 Å². The summed E-state index contributed by atoms with van der Waals surface area (Å²) in [7, 11) is 0. The molecule has 0 saturated carbocycles. The third kappa shape index (κ3) is 2.12. The second-order valence-electron chi connectivity index (χ2n) is 4.20. The Hall–Kier alpha value is -1.95. The molecule has 3 rings (SSSR count). The SMILES string of the molecule is Nc1nccc(-n2cc(CN3CCC3)cn2)n1. The van der Waals surface area contributed by atoms with Crippen molar-refractivity contribution in [1.82, 2.24) is 24.6 Å². The highest BCUT2D eigenvalue weighted by atomic mass is 15.3. The Morgan fingerprint density at radius 2 is 2.24 bits per heavy atom. The van der Waals surface area contributed by atoms with E-state index in [-0.39, 0.29) is 5.95 Å². The number of nitrogens with two attached hydrogens (primary N) is 1. The molecule has 0 unspecified atom stereocenters. The summed E-state index contributed by atoms with van der Waals surface area (Å²) < 4.78 is 1.73. The van der Waals surface area contributed by atoms with E-state index in [1.807, 2.05) is 12.4 Å². The van der Waals surface area contributed by atoms with Crippen molar-refractivity contribution in [3.05, 3.63) is 30.2 Å². The molecule has 17 heavy (non-hydrogen) atoms. The third-order valence-electron chi connectivity index (χ3n) is 2.89. The van der Waals surface area contributed by atoms with Crippen LogP contribution in [-0.4, -0.2) is 37.7 Å². The summed E-state index contributed by atoms with van der Waals surface area (Å²) in [5, 5.41) is 4.28. The van der Waals surface area contributed by atoms with Gasteiger partial charge in [0, 0.05) is 30.6 Å². The minimum atomic E-state index is 0.266. The van der Waals surface area contributed by atoms with Crippen LogP contribution in [0.5, 0.6) is 0 Å². The fraction of sp³-hybridized carbons (Fsp3) is 0.364. The highest BCUT2D eigenvalue weighted by Crippen LogP contribution is 2.13. The van der Waals surface area contributed by atoms with Crippen molar-refractivity contribution >= 4 is 5.95 Å². The van der Waals surface area contributed by atoms with Crippen LogP contribution in [0.2, 0.25) is 0 Å². The fourth-order valence-electron chi connectivity index (χ4n) is 1.86. The molecular formula is C11H14N6. The first-order valence-corrected chi connectivity index (χ1v) is 5.66. The van der Waals surface area contributed by atoms with Gasteiger partial charge in [-0.2, -0.15) is 10.1 Å². The average molecular weight is 230 g/mol. The molecule has 3 heterocycles. The van der Waals surface area contributed by atoms with E-state index in [2.05, 4.69) is 20.0 Å². The zero-order valence-electron chi connectivity index (χ0n) is 9.45. The van der Waals surface area contributed by atoms with E-state index in [0.29, 0.717) is 5.82 Å². The number of rotatable bonds is 3. The molecule has 6 nitrogen and oxygen atoms in total. The van der Waals surface area contributed by atoms with Crippen molar-refractivity contribution in [3.63, 3.8) is 0 Å². The maximum atomic E-state index is 5.54. The first kappa shape index (κ1) is 10.2. The highest BCUT2D eigenvalue weighted by molar-refractivity contribution is 5.27. The molecule has 0 bridgehead atoms. The van der Waals surface area contributed by atoms with Gasteiger partial charge in [0.25, 0.3) is 0 Å². The van der Waals surface area contributed by atoms with E-state index in [9.17, 15) is 0 Å². The van der Waals surface area contributed by atoms with Gasteiger partial charge in [0.05, 0.1) is 6.20 Å². The first-order chi connectivity index (χ1) is 8.31. The molecule has 6 heteroatoms. The lowest BCUT2D eigenvalue weighted by molar-refractivity contribution is 0.172. The largest absolute Gasteiger partial charge is 0.368 e. The van der Waals surface area contributed by atoms with Crippen LogP contribution in [0.1, 0.15) is 12.0 Å². The van der Waals surface area contributed by atoms with E-state index >= 15 is 0 Å². The van der Waals surface area contributed by atoms with E-state index in [4.69, 9.17) is 5.73 Å². The molecule has 2 aromatic rings. The van der Waals surface area contributed by atoms with Crippen molar-refractivity contribution in [1.29, 1.82) is 0 Å². The Kier molecular flexibility index (Phi) is 2.49. The third-order valence-corrected chi connectivity index (χ3v) is 2.89. The second-order valence-corrected chi connectivity index (χ2v) is 4.20. The summed E-state index contributed by atoms with van der Waals surface area (Å²) >= 11 is 0. The normalized spacial score (nSPS) is 15.8. The molecule has 1 aliphatic heterocycles. The van der Waals surface area contributed by atoms with Crippen molar-refractivity contribution in [2.45, 2.75) is 13.0 Å². The van der Waals surface area contributed by atoms with Gasteiger partial charge in [-0.15, -0.1) is 0 Å². The molecular weight excluding hydrogens is 216 g/mol. The quantitative estimate of drug-likeness (QED) is 0.828. The van der Waals surface area contributed by atoms with Gasteiger partial charge in [0.15, 0.2) is 5.82 Å². The molecule has 0 radical (unpaired) electrons. The van der Waals surface area contributed by atoms with E-state index in [1.165, 1.54) is 25.1 Å². The molecule has 1 fully saturated rings. The number of nitrogens with zero attached hydrogens (tertiary/aromatic N) is 5. The maximum Gasteiger partial charge on any atom is 0.221 e. The Bertz CT molecular complexity index is 516. The van der Waals surface area contributed by atoms with E-state index in [1.54, 1.807) is 16.9 Å². The van der Waals surface area contributed by atoms with Gasteiger partial charge >= 0.3 is 0 Å². The van der Waals surface area contributed by atoms with Gasteiger partial charge in [-0.05, 0) is 19.5 Å². The Morgan fingerprint density at radius 1 is 1.35 bits per heavy atom. The number of hydrogen-bond donors (Lipinski definition) is 1. The number of anilines is 1. The summed E-state index contributed by atoms with van der Waals surface area (Å²) in [6, 6.07) is 1.79. The lowest BCUT2D eigenvalue weighted by Gasteiger charge is -2.29. The second kappa shape index (κ2) is 4.14. The molecule has 88 valence electrons. The maximum absolute atomic E-state index is 5.54. The van der Waals surface area contributed by atoms with Crippen molar-refractivity contribution in [3.8, 4) is 5.82 Å². The zero-order chi connectivity index (χ0) is 11.7. The Balaban J connectivity index is 1.79. The van der Waals surface area contributed by atoms with Crippen LogP contribution in [0.3, 0.4) is 0 Å². The van der Waals surface area contributed by atoms with E-state index < -0.39 is 0 Å². The van der Waals surface area contributed by atoms with Crippen LogP contribution in [0.15, 0.2) is 24.7 Å². The molecule has 2 N–H and O–H groups in total. The van der Waals surface area contributed by atoms with Crippen LogP contribution in [0, 0.1) is 0 Å². The first-order valence-electron chi connectivity index (χ1n) is 5.66. The predicted molar refractivity (Wildman–Crippen MR) is 63.5 cm³/mol. The highest BCUT2D eigenvalue weighted by Gasteiger charge is 2.14. The smallest absolute Gasteiger partial charge is 0.221 e. The minimum Gasteiger partial charge on any atom is -0.368 e. The minimum absolute atomic E-state index is 0.266. The van der Waals surface area contributed by atoms with Crippen LogP contribution >= 0.6 is 0 Å². The predicted octanol–water partition coefficient (Wildman–Crippen LogP) is 0.450. The zero-order valence-corrected chi connectivity index (χ0v) is 9.45. The van der Waals surface area contributed by atoms with Gasteiger partial charge in [0.1, 0.15) is 0 Å². The molecule has 0 atom stereocenters. The number of aromatic nitrogens is 4. The Labute approximate surface area is 99.1 Å². The average Bonchev–Trinajstić information content (AvgIpc) is 2.72. The lowest BCUT2D eigenvalue weighted by atomic mass is 10.2.